The lowest BCUT2D eigenvalue weighted by molar-refractivity contribution is -0.138. The zero-order valence-corrected chi connectivity index (χ0v) is 9.14. The molecule has 18 heavy (non-hydrogen) atoms. The van der Waals surface area contributed by atoms with E-state index in [-0.39, 0.29) is 0 Å². The molecule has 1 rings (SSSR count). The minimum absolute atomic E-state index is 0.297. The predicted molar refractivity (Wildman–Crippen MR) is 49.7 cm³/mol. The highest BCUT2D eigenvalue weighted by Gasteiger charge is 2.35. The quantitative estimate of drug-likeness (QED) is 0.648. The first-order valence-corrected chi connectivity index (χ1v) is 5.65. The summed E-state index contributed by atoms with van der Waals surface area (Å²) in [6.07, 6.45) is -5.21. The zero-order chi connectivity index (χ0) is 14.1. The molecule has 0 amide bonds. The van der Waals surface area contributed by atoms with Crippen LogP contribution in [0, 0.1) is 5.82 Å². The molecule has 0 saturated carbocycles. The molecule has 0 fully saturated rings. The highest BCUT2D eigenvalue weighted by molar-refractivity contribution is 7.89. The maximum absolute atomic E-state index is 12.9. The van der Waals surface area contributed by atoms with Crippen molar-refractivity contribution < 1.29 is 35.9 Å². The van der Waals surface area contributed by atoms with Crippen LogP contribution in [0.3, 0.4) is 0 Å². The average Bonchev–Trinajstić information content (AvgIpc) is 2.13. The molecule has 10 heteroatoms. The van der Waals surface area contributed by atoms with E-state index < -0.39 is 38.6 Å². The number of benzene rings is 1. The number of rotatable bonds is 3. The van der Waals surface area contributed by atoms with E-state index in [4.69, 9.17) is 5.11 Å². The Labute approximate surface area is 98.1 Å². The average molecular weight is 287 g/mol. The molecule has 0 saturated heterocycles. The third-order valence-corrected chi connectivity index (χ3v) is 3.10. The van der Waals surface area contributed by atoms with Crippen LogP contribution in [0.2, 0.25) is 0 Å². The second-order valence-corrected chi connectivity index (χ2v) is 4.73. The van der Waals surface area contributed by atoms with E-state index in [2.05, 4.69) is 0 Å². The van der Waals surface area contributed by atoms with E-state index in [1.165, 1.54) is 0 Å². The van der Waals surface area contributed by atoms with Crippen LogP contribution in [-0.4, -0.2) is 25.8 Å². The van der Waals surface area contributed by atoms with E-state index >= 15 is 0 Å². The van der Waals surface area contributed by atoms with Gasteiger partial charge in [-0.3, -0.25) is 0 Å². The van der Waals surface area contributed by atoms with Crippen LogP contribution in [-0.2, 0) is 10.0 Å². The van der Waals surface area contributed by atoms with E-state index in [1.54, 1.807) is 0 Å². The Morgan fingerprint density at radius 2 is 1.83 bits per heavy atom. The number of sulfonamides is 1. The fourth-order valence-electron chi connectivity index (χ4n) is 1.05. The Morgan fingerprint density at radius 3 is 2.28 bits per heavy atom. The topological polar surface area (TPSA) is 83.5 Å². The molecule has 0 radical (unpaired) electrons. The second kappa shape index (κ2) is 4.53. The fraction of sp³-hybridized carbons (Fsp3) is 0.125. The van der Waals surface area contributed by atoms with Crippen LogP contribution in [0.5, 0.6) is 0 Å². The Morgan fingerprint density at radius 1 is 1.28 bits per heavy atom. The smallest absolute Gasteiger partial charge is 0.470 e. The molecule has 0 atom stereocenters. The number of hydrogen-bond donors (Lipinski definition) is 2. The summed E-state index contributed by atoms with van der Waals surface area (Å²) >= 11 is 0. The van der Waals surface area contributed by atoms with Gasteiger partial charge in [0.25, 0.3) is 0 Å². The van der Waals surface area contributed by atoms with Gasteiger partial charge in [-0.25, -0.2) is 17.6 Å². The minimum atomic E-state index is -5.21. The number of halogens is 4. The van der Waals surface area contributed by atoms with Crippen LogP contribution < -0.4 is 4.72 Å². The third kappa shape index (κ3) is 3.40. The van der Waals surface area contributed by atoms with Gasteiger partial charge >= 0.3 is 12.3 Å². The summed E-state index contributed by atoms with van der Waals surface area (Å²) in [5.41, 5.74) is -1.04. The van der Waals surface area contributed by atoms with Crippen molar-refractivity contribution >= 4 is 16.0 Å². The summed E-state index contributed by atoms with van der Waals surface area (Å²) in [5, 5.41) is 8.51. The van der Waals surface area contributed by atoms with Gasteiger partial charge < -0.3 is 5.11 Å². The molecular formula is C8H5F4NO4S. The lowest BCUT2D eigenvalue weighted by atomic mass is 10.2. The summed E-state index contributed by atoms with van der Waals surface area (Å²) in [7, 11) is -5.00. The third-order valence-electron chi connectivity index (χ3n) is 1.73. The maximum atomic E-state index is 12.9. The summed E-state index contributed by atoms with van der Waals surface area (Å²) in [4.78, 5) is 9.51. The summed E-state index contributed by atoms with van der Waals surface area (Å²) < 4.78 is 71.3. The molecule has 5 nitrogen and oxygen atoms in total. The standard InChI is InChI=1S/C8H5F4NO4S/c9-6-2-1-4(3-5(6)7(14)15)18(16,17)13-8(10,11)12/h1-3,13H,(H,14,15). The Balaban J connectivity index is 3.27. The number of aromatic carboxylic acids is 1. The van der Waals surface area contributed by atoms with E-state index in [0.29, 0.717) is 22.9 Å². The second-order valence-electron chi connectivity index (χ2n) is 3.05. The van der Waals surface area contributed by atoms with Gasteiger partial charge in [0.05, 0.1) is 10.5 Å². The van der Waals surface area contributed by atoms with Crippen molar-refractivity contribution in [3.63, 3.8) is 0 Å². The van der Waals surface area contributed by atoms with Crippen LogP contribution >= 0.6 is 0 Å². The summed E-state index contributed by atoms with van der Waals surface area (Å²) in [6.45, 7) is 0. The number of alkyl halides is 3. The first kappa shape index (κ1) is 14.4. The molecule has 0 aliphatic rings. The van der Waals surface area contributed by atoms with Gasteiger partial charge in [0.1, 0.15) is 5.82 Å². The SMILES string of the molecule is O=C(O)c1cc(S(=O)(=O)NC(F)(F)F)ccc1F. The molecule has 100 valence electrons. The lowest BCUT2D eigenvalue weighted by Crippen LogP contribution is -2.37. The molecule has 2 N–H and O–H groups in total. The zero-order valence-electron chi connectivity index (χ0n) is 8.32. The molecule has 0 aliphatic carbocycles. The highest BCUT2D eigenvalue weighted by atomic mass is 32.2. The summed E-state index contributed by atoms with van der Waals surface area (Å²) in [6, 6.07) is 1.27. The Hall–Kier alpha value is -1.68. The van der Waals surface area contributed by atoms with Crippen molar-refractivity contribution in [2.45, 2.75) is 11.2 Å². The van der Waals surface area contributed by atoms with Gasteiger partial charge in [-0.05, 0) is 18.2 Å². The van der Waals surface area contributed by atoms with Crippen molar-refractivity contribution in [1.82, 2.24) is 4.72 Å². The molecule has 0 spiro atoms. The van der Waals surface area contributed by atoms with Crippen LogP contribution in [0.25, 0.3) is 0 Å². The molecule has 0 aliphatic heterocycles. The lowest BCUT2D eigenvalue weighted by Gasteiger charge is -2.10. The Bertz CT molecular complexity index is 581. The number of nitrogens with one attached hydrogen (secondary N) is 1. The van der Waals surface area contributed by atoms with Gasteiger partial charge in [0, 0.05) is 0 Å². The molecule has 0 aromatic heterocycles. The summed E-state index contributed by atoms with van der Waals surface area (Å²) in [5.74, 6) is -3.05. The van der Waals surface area contributed by atoms with Crippen molar-refractivity contribution in [2.75, 3.05) is 0 Å². The number of carboxylic acids is 1. The molecule has 0 bridgehead atoms. The van der Waals surface area contributed by atoms with Crippen molar-refractivity contribution in [3.8, 4) is 0 Å². The Kier molecular flexibility index (Phi) is 3.62. The number of hydrogen-bond acceptors (Lipinski definition) is 3. The van der Waals surface area contributed by atoms with E-state index in [9.17, 15) is 30.8 Å². The van der Waals surface area contributed by atoms with E-state index in [0.717, 1.165) is 0 Å². The molecule has 1 aromatic rings. The monoisotopic (exact) mass is 287 g/mol. The molecular weight excluding hydrogens is 282 g/mol. The maximum Gasteiger partial charge on any atom is 0.470 e. The predicted octanol–water partition coefficient (Wildman–Crippen LogP) is 1.32. The molecule has 0 unspecified atom stereocenters. The normalized spacial score (nSPS) is 12.4. The van der Waals surface area contributed by atoms with Crippen LogP contribution in [0.15, 0.2) is 23.1 Å². The van der Waals surface area contributed by atoms with Crippen molar-refractivity contribution in [3.05, 3.63) is 29.6 Å². The molecule has 0 heterocycles. The van der Waals surface area contributed by atoms with Crippen LogP contribution in [0.4, 0.5) is 17.6 Å². The first-order valence-electron chi connectivity index (χ1n) is 4.16. The number of carbonyl (C=O) groups is 1. The van der Waals surface area contributed by atoms with Gasteiger partial charge in [-0.1, -0.05) is 0 Å². The fourth-order valence-corrected chi connectivity index (χ4v) is 1.99. The number of carboxylic acid groups (broad SMARTS) is 1. The van der Waals surface area contributed by atoms with Crippen molar-refractivity contribution in [1.29, 1.82) is 0 Å². The van der Waals surface area contributed by atoms with E-state index in [1.807, 2.05) is 0 Å². The highest BCUT2D eigenvalue weighted by Crippen LogP contribution is 2.19. The van der Waals surface area contributed by atoms with Crippen molar-refractivity contribution in [2.24, 2.45) is 0 Å². The van der Waals surface area contributed by atoms with Gasteiger partial charge in [-0.15, -0.1) is 4.72 Å². The van der Waals surface area contributed by atoms with Gasteiger partial charge in [0.2, 0.25) is 10.0 Å². The minimum Gasteiger partial charge on any atom is -0.478 e. The van der Waals surface area contributed by atoms with Crippen LogP contribution in [0.1, 0.15) is 10.4 Å². The van der Waals surface area contributed by atoms with Gasteiger partial charge in [-0.2, -0.15) is 13.2 Å². The largest absolute Gasteiger partial charge is 0.478 e. The van der Waals surface area contributed by atoms with Gasteiger partial charge in [0.15, 0.2) is 0 Å². The molecule has 1 aromatic carbocycles. The first-order chi connectivity index (χ1) is 8.03.